The first-order chi connectivity index (χ1) is 8.83. The third-order valence-corrected chi connectivity index (χ3v) is 3.05. The molecule has 0 spiro atoms. The SMILES string of the molecule is Nc1ccc(C2(C(=O)NOCC(F)(F)F)CC2)cc1. The average Bonchev–Trinajstić information content (AvgIpc) is 3.09. The van der Waals surface area contributed by atoms with Gasteiger partial charge in [-0.2, -0.15) is 13.2 Å². The first-order valence-corrected chi connectivity index (χ1v) is 5.68. The van der Waals surface area contributed by atoms with Crippen molar-refractivity contribution in [3.63, 3.8) is 0 Å². The van der Waals surface area contributed by atoms with Crippen LogP contribution in [0, 0.1) is 0 Å². The van der Waals surface area contributed by atoms with E-state index in [2.05, 4.69) is 4.84 Å². The Morgan fingerprint density at radius 3 is 2.37 bits per heavy atom. The summed E-state index contributed by atoms with van der Waals surface area (Å²) in [6.45, 7) is -1.50. The van der Waals surface area contributed by atoms with Crippen LogP contribution in [-0.2, 0) is 15.0 Å². The van der Waals surface area contributed by atoms with Gasteiger partial charge in [-0.3, -0.25) is 9.63 Å². The van der Waals surface area contributed by atoms with Gasteiger partial charge in [0.2, 0.25) is 0 Å². The van der Waals surface area contributed by atoms with E-state index in [1.54, 1.807) is 24.3 Å². The van der Waals surface area contributed by atoms with Crippen molar-refractivity contribution in [2.24, 2.45) is 0 Å². The lowest BCUT2D eigenvalue weighted by atomic mass is 9.95. The van der Waals surface area contributed by atoms with Gasteiger partial charge in [-0.1, -0.05) is 12.1 Å². The van der Waals surface area contributed by atoms with Crippen molar-refractivity contribution in [2.45, 2.75) is 24.4 Å². The van der Waals surface area contributed by atoms with E-state index >= 15 is 0 Å². The minimum atomic E-state index is -4.47. The molecule has 0 saturated heterocycles. The van der Waals surface area contributed by atoms with Crippen molar-refractivity contribution in [1.82, 2.24) is 5.48 Å². The average molecular weight is 274 g/mol. The van der Waals surface area contributed by atoms with Crippen molar-refractivity contribution in [3.05, 3.63) is 29.8 Å². The third kappa shape index (κ3) is 3.17. The van der Waals surface area contributed by atoms with E-state index in [1.807, 2.05) is 5.48 Å². The molecule has 2 rings (SSSR count). The number of amides is 1. The molecular weight excluding hydrogens is 261 g/mol. The minimum Gasteiger partial charge on any atom is -0.399 e. The van der Waals surface area contributed by atoms with E-state index in [1.165, 1.54) is 0 Å². The number of nitrogens with one attached hydrogen (secondary N) is 1. The van der Waals surface area contributed by atoms with Gasteiger partial charge >= 0.3 is 6.18 Å². The van der Waals surface area contributed by atoms with Gasteiger partial charge in [0.05, 0.1) is 5.41 Å². The fourth-order valence-electron chi connectivity index (χ4n) is 1.86. The van der Waals surface area contributed by atoms with Gasteiger partial charge in [-0.25, -0.2) is 5.48 Å². The van der Waals surface area contributed by atoms with Crippen LogP contribution >= 0.6 is 0 Å². The van der Waals surface area contributed by atoms with Gasteiger partial charge in [0.1, 0.15) is 0 Å². The number of anilines is 1. The van der Waals surface area contributed by atoms with Crippen LogP contribution in [0.2, 0.25) is 0 Å². The van der Waals surface area contributed by atoms with Crippen LogP contribution in [0.4, 0.5) is 18.9 Å². The topological polar surface area (TPSA) is 64.4 Å². The summed E-state index contributed by atoms with van der Waals surface area (Å²) in [5, 5.41) is 0. The third-order valence-electron chi connectivity index (χ3n) is 3.05. The normalized spacial score (nSPS) is 17.0. The summed E-state index contributed by atoms with van der Waals surface area (Å²) in [6.07, 6.45) is -3.30. The molecule has 1 saturated carbocycles. The molecule has 3 N–H and O–H groups in total. The van der Waals surface area contributed by atoms with Crippen LogP contribution < -0.4 is 11.2 Å². The molecule has 0 atom stereocenters. The fourth-order valence-corrected chi connectivity index (χ4v) is 1.86. The Morgan fingerprint density at radius 1 is 1.32 bits per heavy atom. The van der Waals surface area contributed by atoms with Crippen molar-refractivity contribution in [2.75, 3.05) is 12.3 Å². The van der Waals surface area contributed by atoms with Crippen molar-refractivity contribution >= 4 is 11.6 Å². The standard InChI is InChI=1S/C12H13F3N2O2/c13-12(14,15)7-19-17-10(18)11(5-6-11)8-1-3-9(16)4-2-8/h1-4H,5-7,16H2,(H,17,18). The molecule has 1 aliphatic carbocycles. The summed E-state index contributed by atoms with van der Waals surface area (Å²) >= 11 is 0. The quantitative estimate of drug-likeness (QED) is 0.651. The zero-order valence-corrected chi connectivity index (χ0v) is 9.96. The largest absolute Gasteiger partial charge is 0.414 e. The molecule has 7 heteroatoms. The monoisotopic (exact) mass is 274 g/mol. The molecule has 1 aliphatic rings. The van der Waals surface area contributed by atoms with Gasteiger partial charge in [-0.05, 0) is 30.5 Å². The molecule has 0 aromatic heterocycles. The highest BCUT2D eigenvalue weighted by atomic mass is 19.4. The number of nitrogens with two attached hydrogens (primary N) is 1. The number of carbonyl (C=O) groups is 1. The van der Waals surface area contributed by atoms with E-state index in [0.717, 1.165) is 5.56 Å². The van der Waals surface area contributed by atoms with Crippen LogP contribution in [0.1, 0.15) is 18.4 Å². The molecule has 1 amide bonds. The number of rotatable bonds is 4. The summed E-state index contributed by atoms with van der Waals surface area (Å²) in [5.74, 6) is -0.554. The molecule has 0 unspecified atom stereocenters. The Balaban J connectivity index is 1.97. The highest BCUT2D eigenvalue weighted by Gasteiger charge is 2.51. The van der Waals surface area contributed by atoms with E-state index < -0.39 is 24.1 Å². The highest BCUT2D eigenvalue weighted by Crippen LogP contribution is 2.48. The molecule has 1 aromatic rings. The zero-order chi connectivity index (χ0) is 14.1. The van der Waals surface area contributed by atoms with Crippen LogP contribution in [0.5, 0.6) is 0 Å². The zero-order valence-electron chi connectivity index (χ0n) is 9.96. The number of halogens is 3. The maximum absolute atomic E-state index is 11.9. The number of hydroxylamine groups is 1. The predicted octanol–water partition coefficient (Wildman–Crippen LogP) is 1.91. The van der Waals surface area contributed by atoms with E-state index in [9.17, 15) is 18.0 Å². The number of benzene rings is 1. The molecule has 1 fully saturated rings. The van der Waals surface area contributed by atoms with Crippen LogP contribution in [-0.4, -0.2) is 18.7 Å². The van der Waals surface area contributed by atoms with Gasteiger partial charge in [-0.15, -0.1) is 0 Å². The Hall–Kier alpha value is -1.76. The lowest BCUT2D eigenvalue weighted by Gasteiger charge is -2.16. The summed E-state index contributed by atoms with van der Waals surface area (Å²) in [4.78, 5) is 16.0. The van der Waals surface area contributed by atoms with E-state index in [4.69, 9.17) is 5.73 Å². The molecule has 0 aliphatic heterocycles. The van der Waals surface area contributed by atoms with Gasteiger partial charge in [0, 0.05) is 5.69 Å². The molecular formula is C12H13F3N2O2. The van der Waals surface area contributed by atoms with Gasteiger partial charge < -0.3 is 5.73 Å². The first kappa shape index (κ1) is 13.7. The number of nitrogen functional groups attached to an aromatic ring is 1. The molecule has 104 valence electrons. The Morgan fingerprint density at radius 2 is 1.89 bits per heavy atom. The van der Waals surface area contributed by atoms with Crippen molar-refractivity contribution in [1.29, 1.82) is 0 Å². The summed E-state index contributed by atoms with van der Waals surface area (Å²) in [6, 6.07) is 6.70. The molecule has 19 heavy (non-hydrogen) atoms. The second-order valence-corrected chi connectivity index (χ2v) is 4.54. The maximum Gasteiger partial charge on any atom is 0.414 e. The smallest absolute Gasteiger partial charge is 0.399 e. The summed E-state index contributed by atoms with van der Waals surface area (Å²) in [5.41, 5.74) is 7.93. The lowest BCUT2D eigenvalue weighted by Crippen LogP contribution is -2.37. The lowest BCUT2D eigenvalue weighted by molar-refractivity contribution is -0.192. The Kier molecular flexibility index (Phi) is 3.40. The number of hydrogen-bond donors (Lipinski definition) is 2. The van der Waals surface area contributed by atoms with Crippen LogP contribution in [0.25, 0.3) is 0 Å². The highest BCUT2D eigenvalue weighted by molar-refractivity contribution is 5.90. The van der Waals surface area contributed by atoms with Crippen molar-refractivity contribution in [3.8, 4) is 0 Å². The fraction of sp³-hybridized carbons (Fsp3) is 0.417. The first-order valence-electron chi connectivity index (χ1n) is 5.68. The van der Waals surface area contributed by atoms with E-state index in [0.29, 0.717) is 18.5 Å². The molecule has 4 nitrogen and oxygen atoms in total. The Labute approximate surface area is 107 Å². The second kappa shape index (κ2) is 4.73. The summed E-state index contributed by atoms with van der Waals surface area (Å²) < 4.78 is 35.7. The minimum absolute atomic E-state index is 0.554. The van der Waals surface area contributed by atoms with Gasteiger partial charge in [0.25, 0.3) is 5.91 Å². The van der Waals surface area contributed by atoms with Crippen molar-refractivity contribution < 1.29 is 22.8 Å². The second-order valence-electron chi connectivity index (χ2n) is 4.54. The number of carbonyl (C=O) groups excluding carboxylic acids is 1. The summed E-state index contributed by atoms with van der Waals surface area (Å²) in [7, 11) is 0. The van der Waals surface area contributed by atoms with Crippen LogP contribution in [0.3, 0.4) is 0 Å². The molecule has 1 aromatic carbocycles. The van der Waals surface area contributed by atoms with E-state index in [-0.39, 0.29) is 0 Å². The molecule has 0 bridgehead atoms. The molecule has 0 heterocycles. The number of hydrogen-bond acceptors (Lipinski definition) is 3. The van der Waals surface area contributed by atoms with Crippen LogP contribution in [0.15, 0.2) is 24.3 Å². The maximum atomic E-state index is 11.9. The predicted molar refractivity (Wildman–Crippen MR) is 61.9 cm³/mol. The number of alkyl halides is 3. The van der Waals surface area contributed by atoms with Gasteiger partial charge in [0.15, 0.2) is 6.61 Å². The molecule has 0 radical (unpaired) electrons. The Bertz CT molecular complexity index is 467.